The van der Waals surface area contributed by atoms with Gasteiger partial charge < -0.3 is 10.6 Å². The van der Waals surface area contributed by atoms with Crippen molar-refractivity contribution in [3.63, 3.8) is 0 Å². The van der Waals surface area contributed by atoms with Crippen molar-refractivity contribution in [2.75, 3.05) is 4.90 Å². The molecule has 4 nitrogen and oxygen atoms in total. The number of para-hydroxylation sites is 1. The number of benzene rings is 2. The maximum atomic E-state index is 13.0. The Hall–Kier alpha value is -2.69. The summed E-state index contributed by atoms with van der Waals surface area (Å²) in [5.41, 5.74) is 7.79. The summed E-state index contributed by atoms with van der Waals surface area (Å²) in [6.45, 7) is 1.91. The van der Waals surface area contributed by atoms with E-state index < -0.39 is 0 Å². The Morgan fingerprint density at radius 3 is 2.50 bits per heavy atom. The van der Waals surface area contributed by atoms with Crippen LogP contribution in [0.5, 0.6) is 0 Å². The number of nitrogens with zero attached hydrogens (tertiary/aromatic N) is 1. The molecule has 0 saturated carbocycles. The van der Waals surface area contributed by atoms with Crippen molar-refractivity contribution in [1.29, 1.82) is 0 Å². The number of amides is 2. The number of nitrogens with two attached hydrogens (primary N) is 1. The van der Waals surface area contributed by atoms with Gasteiger partial charge in [-0.25, -0.2) is 4.39 Å². The number of rotatable bonds is 3. The van der Waals surface area contributed by atoms with Crippen molar-refractivity contribution in [2.24, 2.45) is 5.73 Å². The Morgan fingerprint density at radius 2 is 1.83 bits per heavy atom. The van der Waals surface area contributed by atoms with Gasteiger partial charge in [0.2, 0.25) is 11.8 Å². The van der Waals surface area contributed by atoms with E-state index >= 15 is 0 Å². The Bertz CT molecular complexity index is 773. The zero-order chi connectivity index (χ0) is 17.3. The third kappa shape index (κ3) is 3.02. The van der Waals surface area contributed by atoms with Gasteiger partial charge in [0.1, 0.15) is 5.82 Å². The van der Waals surface area contributed by atoms with Gasteiger partial charge in [-0.15, -0.1) is 0 Å². The van der Waals surface area contributed by atoms with Crippen LogP contribution in [-0.4, -0.2) is 17.9 Å². The molecule has 0 fully saturated rings. The van der Waals surface area contributed by atoms with Crippen molar-refractivity contribution in [3.05, 3.63) is 65.5 Å². The van der Waals surface area contributed by atoms with E-state index in [0.29, 0.717) is 6.42 Å². The molecule has 2 atom stereocenters. The molecule has 0 bridgehead atoms. The van der Waals surface area contributed by atoms with Crippen LogP contribution in [0.3, 0.4) is 0 Å². The lowest BCUT2D eigenvalue weighted by atomic mass is 9.85. The Labute approximate surface area is 140 Å². The Kier molecular flexibility index (Phi) is 4.34. The normalized spacial score (nSPS) is 19.7. The van der Waals surface area contributed by atoms with Crippen LogP contribution in [-0.2, 0) is 16.0 Å². The van der Waals surface area contributed by atoms with Crippen LogP contribution >= 0.6 is 0 Å². The number of fused-ring (bicyclic) bond motifs is 1. The summed E-state index contributed by atoms with van der Waals surface area (Å²) in [7, 11) is 0. The molecule has 1 aliphatic rings. The lowest BCUT2D eigenvalue weighted by Gasteiger charge is -2.38. The second-order valence-electron chi connectivity index (χ2n) is 6.17. The molecule has 1 aliphatic heterocycles. The van der Waals surface area contributed by atoms with E-state index in [2.05, 4.69) is 0 Å². The van der Waals surface area contributed by atoms with Crippen LogP contribution in [0.15, 0.2) is 48.5 Å². The monoisotopic (exact) mass is 326 g/mol. The van der Waals surface area contributed by atoms with Crippen molar-refractivity contribution < 1.29 is 14.0 Å². The van der Waals surface area contributed by atoms with E-state index in [-0.39, 0.29) is 36.0 Å². The molecule has 2 amide bonds. The van der Waals surface area contributed by atoms with Gasteiger partial charge in [0.25, 0.3) is 0 Å². The summed E-state index contributed by atoms with van der Waals surface area (Å²) in [6, 6.07) is 13.1. The SMILES string of the molecule is C[C@@H]1C[C@H](C(N)=O)c2ccccc2N1C(=O)Cc1ccc(F)cc1. The number of carbonyl (C=O) groups is 2. The lowest BCUT2D eigenvalue weighted by molar-refractivity contribution is -0.121. The van der Waals surface area contributed by atoms with E-state index in [1.807, 2.05) is 31.2 Å². The highest BCUT2D eigenvalue weighted by Gasteiger charge is 2.35. The smallest absolute Gasteiger partial charge is 0.231 e. The van der Waals surface area contributed by atoms with Crippen LogP contribution in [0.25, 0.3) is 0 Å². The average Bonchev–Trinajstić information content (AvgIpc) is 2.56. The third-order valence-electron chi connectivity index (χ3n) is 4.47. The van der Waals surface area contributed by atoms with E-state index in [4.69, 9.17) is 5.73 Å². The van der Waals surface area contributed by atoms with Crippen LogP contribution in [0.1, 0.15) is 30.4 Å². The molecule has 3 rings (SSSR count). The first-order valence-corrected chi connectivity index (χ1v) is 7.92. The van der Waals surface area contributed by atoms with Gasteiger partial charge >= 0.3 is 0 Å². The predicted molar refractivity (Wildman–Crippen MR) is 90.0 cm³/mol. The molecule has 24 heavy (non-hydrogen) atoms. The minimum absolute atomic E-state index is 0.0792. The quantitative estimate of drug-likeness (QED) is 0.942. The Balaban J connectivity index is 1.91. The largest absolute Gasteiger partial charge is 0.369 e. The first kappa shape index (κ1) is 16.2. The summed E-state index contributed by atoms with van der Waals surface area (Å²) in [6.07, 6.45) is 0.682. The van der Waals surface area contributed by atoms with Gasteiger partial charge in [0.15, 0.2) is 0 Å². The summed E-state index contributed by atoms with van der Waals surface area (Å²) >= 11 is 0. The number of carbonyl (C=O) groups excluding carboxylic acids is 2. The van der Waals surface area contributed by atoms with Crippen molar-refractivity contribution in [1.82, 2.24) is 0 Å². The molecule has 0 radical (unpaired) electrons. The second kappa shape index (κ2) is 6.43. The van der Waals surface area contributed by atoms with Gasteiger partial charge in [-0.3, -0.25) is 9.59 Å². The van der Waals surface area contributed by atoms with Gasteiger partial charge in [-0.1, -0.05) is 30.3 Å². The minimum Gasteiger partial charge on any atom is -0.369 e. The molecule has 0 aromatic heterocycles. The fourth-order valence-electron chi connectivity index (χ4n) is 3.32. The van der Waals surface area contributed by atoms with Crippen LogP contribution < -0.4 is 10.6 Å². The van der Waals surface area contributed by atoms with Crippen LogP contribution in [0, 0.1) is 5.82 Å². The molecule has 0 saturated heterocycles. The van der Waals surface area contributed by atoms with Crippen molar-refractivity contribution in [3.8, 4) is 0 Å². The number of hydrogen-bond donors (Lipinski definition) is 1. The first-order chi connectivity index (χ1) is 11.5. The van der Waals surface area contributed by atoms with Crippen molar-refractivity contribution in [2.45, 2.75) is 31.7 Å². The van der Waals surface area contributed by atoms with E-state index in [9.17, 15) is 14.0 Å². The second-order valence-corrected chi connectivity index (χ2v) is 6.17. The first-order valence-electron chi connectivity index (χ1n) is 7.92. The molecular weight excluding hydrogens is 307 g/mol. The molecule has 0 unspecified atom stereocenters. The zero-order valence-corrected chi connectivity index (χ0v) is 13.4. The van der Waals surface area contributed by atoms with Gasteiger partial charge in [-0.05, 0) is 42.7 Å². The summed E-state index contributed by atoms with van der Waals surface area (Å²) in [4.78, 5) is 26.3. The van der Waals surface area contributed by atoms with E-state index in [0.717, 1.165) is 16.8 Å². The summed E-state index contributed by atoms with van der Waals surface area (Å²) in [5.74, 6) is -1.16. The predicted octanol–water partition coefficient (Wildman–Crippen LogP) is 2.76. The molecule has 1 heterocycles. The topological polar surface area (TPSA) is 63.4 Å². The number of primary amides is 1. The van der Waals surface area contributed by atoms with Crippen LogP contribution in [0.2, 0.25) is 0 Å². The summed E-state index contributed by atoms with van der Waals surface area (Å²) < 4.78 is 13.0. The Morgan fingerprint density at radius 1 is 1.17 bits per heavy atom. The highest BCUT2D eigenvalue weighted by atomic mass is 19.1. The number of halogens is 1. The van der Waals surface area contributed by atoms with Crippen LogP contribution in [0.4, 0.5) is 10.1 Å². The number of anilines is 1. The third-order valence-corrected chi connectivity index (χ3v) is 4.47. The molecule has 124 valence electrons. The molecule has 5 heteroatoms. The lowest BCUT2D eigenvalue weighted by Crippen LogP contribution is -2.45. The average molecular weight is 326 g/mol. The van der Waals surface area contributed by atoms with Gasteiger partial charge in [0, 0.05) is 11.7 Å². The molecule has 0 spiro atoms. The maximum Gasteiger partial charge on any atom is 0.231 e. The molecule has 2 N–H and O–H groups in total. The van der Waals surface area contributed by atoms with E-state index in [1.165, 1.54) is 12.1 Å². The minimum atomic E-state index is -0.383. The maximum absolute atomic E-state index is 13.0. The fraction of sp³-hybridized carbons (Fsp3) is 0.263. The highest BCUT2D eigenvalue weighted by Crippen LogP contribution is 2.38. The standard InChI is InChI=1S/C19H19FN2O2/c1-12-10-16(19(21)24)15-4-2-3-5-17(15)22(12)18(23)11-13-6-8-14(20)9-7-13/h2-9,12,16H,10-11H2,1H3,(H2,21,24)/t12-,16+/m1/s1. The zero-order valence-electron chi connectivity index (χ0n) is 13.4. The number of hydrogen-bond acceptors (Lipinski definition) is 2. The molecule has 0 aliphatic carbocycles. The van der Waals surface area contributed by atoms with E-state index in [1.54, 1.807) is 17.0 Å². The molecule has 2 aromatic rings. The molecular formula is C19H19FN2O2. The fourth-order valence-corrected chi connectivity index (χ4v) is 3.32. The summed E-state index contributed by atoms with van der Waals surface area (Å²) in [5, 5.41) is 0. The van der Waals surface area contributed by atoms with Crippen molar-refractivity contribution >= 4 is 17.5 Å². The highest BCUT2D eigenvalue weighted by molar-refractivity contribution is 5.98. The molecule has 2 aromatic carbocycles. The van der Waals surface area contributed by atoms with Gasteiger partial charge in [-0.2, -0.15) is 0 Å². The van der Waals surface area contributed by atoms with Gasteiger partial charge in [0.05, 0.1) is 12.3 Å².